The molecular formula is C11H19Cl3O3. The largest absolute Gasteiger partial charge is 0.481 e. The Labute approximate surface area is 117 Å². The zero-order valence-electron chi connectivity index (χ0n) is 9.89. The van der Waals surface area contributed by atoms with E-state index in [2.05, 4.69) is 6.92 Å². The van der Waals surface area contributed by atoms with Gasteiger partial charge < -0.3 is 10.2 Å². The van der Waals surface area contributed by atoms with Gasteiger partial charge in [0.25, 0.3) is 0 Å². The van der Waals surface area contributed by atoms with Crippen LogP contribution in [0, 0.1) is 5.41 Å². The molecule has 1 unspecified atom stereocenters. The summed E-state index contributed by atoms with van der Waals surface area (Å²) in [7, 11) is 0. The highest BCUT2D eigenvalue weighted by molar-refractivity contribution is 6.68. The first-order valence-corrected chi connectivity index (χ1v) is 6.86. The van der Waals surface area contributed by atoms with Gasteiger partial charge in [-0.3, -0.25) is 4.79 Å². The van der Waals surface area contributed by atoms with Crippen molar-refractivity contribution < 1.29 is 15.0 Å². The van der Waals surface area contributed by atoms with E-state index >= 15 is 0 Å². The van der Waals surface area contributed by atoms with Gasteiger partial charge in [-0.05, 0) is 6.42 Å². The van der Waals surface area contributed by atoms with E-state index in [0.29, 0.717) is 6.42 Å². The zero-order valence-corrected chi connectivity index (χ0v) is 12.2. The number of hydrogen-bond donors (Lipinski definition) is 2. The van der Waals surface area contributed by atoms with Crippen molar-refractivity contribution in [2.75, 3.05) is 6.61 Å². The Balaban J connectivity index is 4.46. The van der Waals surface area contributed by atoms with Crippen LogP contribution in [0.15, 0.2) is 0 Å². The Morgan fingerprint density at radius 2 is 1.65 bits per heavy atom. The number of aliphatic carboxylic acids is 1. The highest BCUT2D eigenvalue weighted by atomic mass is 35.6. The van der Waals surface area contributed by atoms with E-state index < -0.39 is 21.8 Å². The summed E-state index contributed by atoms with van der Waals surface area (Å²) in [6.45, 7) is 1.42. The molecule has 102 valence electrons. The molecular weight excluding hydrogens is 286 g/mol. The summed E-state index contributed by atoms with van der Waals surface area (Å²) < 4.78 is -2.00. The molecule has 0 saturated carbocycles. The molecule has 0 aliphatic carbocycles. The number of aliphatic hydroxyl groups excluding tert-OH is 1. The fourth-order valence-electron chi connectivity index (χ4n) is 1.64. The van der Waals surface area contributed by atoms with E-state index in [1.807, 2.05) is 0 Å². The molecule has 6 heteroatoms. The van der Waals surface area contributed by atoms with Crippen LogP contribution in [0.1, 0.15) is 45.4 Å². The second-order valence-corrected chi connectivity index (χ2v) is 6.49. The van der Waals surface area contributed by atoms with Crippen molar-refractivity contribution in [1.29, 1.82) is 0 Å². The molecule has 0 rings (SSSR count). The number of unbranched alkanes of at least 4 members (excludes halogenated alkanes) is 4. The third-order valence-electron chi connectivity index (χ3n) is 2.93. The summed E-state index contributed by atoms with van der Waals surface area (Å²) in [5.41, 5.74) is -1.70. The Hall–Kier alpha value is 0.300. The molecule has 2 N–H and O–H groups in total. The van der Waals surface area contributed by atoms with Crippen LogP contribution < -0.4 is 0 Å². The van der Waals surface area contributed by atoms with Crippen LogP contribution in [0.25, 0.3) is 0 Å². The number of alkyl halides is 3. The minimum atomic E-state index is -2.00. The van der Waals surface area contributed by atoms with E-state index in [0.717, 1.165) is 25.7 Å². The van der Waals surface area contributed by atoms with Crippen molar-refractivity contribution >= 4 is 40.8 Å². The van der Waals surface area contributed by atoms with Crippen LogP contribution in [-0.4, -0.2) is 26.6 Å². The van der Waals surface area contributed by atoms with E-state index in [1.54, 1.807) is 0 Å². The first-order valence-electron chi connectivity index (χ1n) is 5.73. The van der Waals surface area contributed by atoms with Crippen LogP contribution >= 0.6 is 34.8 Å². The maximum absolute atomic E-state index is 11.2. The lowest BCUT2D eigenvalue weighted by atomic mass is 9.84. The Morgan fingerprint density at radius 1 is 1.12 bits per heavy atom. The summed E-state index contributed by atoms with van der Waals surface area (Å²) in [6.07, 6.45) is 4.91. The standard InChI is InChI=1S/C11H19Cl3O3/c1-2-3-4-5-6-7-10(8-15,9(16)17)11(12,13)14/h15H,2-8H2,1H3,(H,16,17). The average Bonchev–Trinajstić information content (AvgIpc) is 2.21. The summed E-state index contributed by atoms with van der Waals surface area (Å²) in [5.74, 6) is -1.27. The van der Waals surface area contributed by atoms with Crippen molar-refractivity contribution in [1.82, 2.24) is 0 Å². The van der Waals surface area contributed by atoms with Crippen molar-refractivity contribution in [3.05, 3.63) is 0 Å². The number of hydrogen-bond acceptors (Lipinski definition) is 2. The molecule has 3 nitrogen and oxygen atoms in total. The number of rotatable bonds is 8. The van der Waals surface area contributed by atoms with Crippen molar-refractivity contribution in [3.8, 4) is 0 Å². The molecule has 0 bridgehead atoms. The maximum atomic E-state index is 11.2. The predicted octanol–water partition coefficient (Wildman–Crippen LogP) is 3.78. The van der Waals surface area contributed by atoms with Gasteiger partial charge in [-0.2, -0.15) is 0 Å². The molecule has 0 aromatic carbocycles. The number of carboxylic acid groups (broad SMARTS) is 1. The fraction of sp³-hybridized carbons (Fsp3) is 0.909. The van der Waals surface area contributed by atoms with Gasteiger partial charge in [0.05, 0.1) is 6.61 Å². The van der Waals surface area contributed by atoms with Crippen LogP contribution in [0.4, 0.5) is 0 Å². The summed E-state index contributed by atoms with van der Waals surface area (Å²) in [5, 5.41) is 18.4. The van der Waals surface area contributed by atoms with Gasteiger partial charge >= 0.3 is 5.97 Å². The third kappa shape index (κ3) is 4.82. The van der Waals surface area contributed by atoms with Gasteiger partial charge in [0.1, 0.15) is 5.41 Å². The third-order valence-corrected chi connectivity index (χ3v) is 4.01. The summed E-state index contributed by atoms with van der Waals surface area (Å²) >= 11 is 17.0. The molecule has 1 atom stereocenters. The van der Waals surface area contributed by atoms with Gasteiger partial charge in [0, 0.05) is 0 Å². The molecule has 0 saturated heterocycles. The Kier molecular flexibility index (Phi) is 7.81. The maximum Gasteiger partial charge on any atom is 0.316 e. The SMILES string of the molecule is CCCCCCCC(CO)(C(=O)O)C(Cl)(Cl)Cl. The smallest absolute Gasteiger partial charge is 0.316 e. The average molecular weight is 306 g/mol. The first-order chi connectivity index (χ1) is 7.81. The molecule has 0 aliphatic rings. The molecule has 0 amide bonds. The summed E-state index contributed by atoms with van der Waals surface area (Å²) in [4.78, 5) is 11.2. The van der Waals surface area contributed by atoms with E-state index in [4.69, 9.17) is 39.9 Å². The molecule has 0 aromatic rings. The van der Waals surface area contributed by atoms with Crippen molar-refractivity contribution in [3.63, 3.8) is 0 Å². The van der Waals surface area contributed by atoms with E-state index in [-0.39, 0.29) is 6.42 Å². The topological polar surface area (TPSA) is 57.5 Å². The molecule has 0 heterocycles. The molecule has 0 aliphatic heterocycles. The molecule has 17 heavy (non-hydrogen) atoms. The van der Waals surface area contributed by atoms with Gasteiger partial charge in [0.15, 0.2) is 0 Å². The highest BCUT2D eigenvalue weighted by Gasteiger charge is 2.54. The zero-order chi connectivity index (χ0) is 13.5. The van der Waals surface area contributed by atoms with E-state index in [9.17, 15) is 9.90 Å². The monoisotopic (exact) mass is 304 g/mol. The quantitative estimate of drug-likeness (QED) is 0.530. The van der Waals surface area contributed by atoms with Crippen molar-refractivity contribution in [2.45, 2.75) is 49.2 Å². The number of halogens is 3. The van der Waals surface area contributed by atoms with Crippen LogP contribution in [0.3, 0.4) is 0 Å². The van der Waals surface area contributed by atoms with E-state index in [1.165, 1.54) is 0 Å². The van der Waals surface area contributed by atoms with Crippen LogP contribution in [-0.2, 0) is 4.79 Å². The fourth-order valence-corrected chi connectivity index (χ4v) is 2.34. The minimum Gasteiger partial charge on any atom is -0.481 e. The number of carbonyl (C=O) groups is 1. The van der Waals surface area contributed by atoms with Gasteiger partial charge in [0.2, 0.25) is 3.79 Å². The van der Waals surface area contributed by atoms with Gasteiger partial charge in [-0.1, -0.05) is 73.8 Å². The lowest BCUT2D eigenvalue weighted by molar-refractivity contribution is -0.151. The molecule has 0 fully saturated rings. The second kappa shape index (κ2) is 7.67. The number of aliphatic hydroxyl groups is 1. The lowest BCUT2D eigenvalue weighted by Crippen LogP contribution is -2.46. The Bertz CT molecular complexity index is 241. The second-order valence-electron chi connectivity index (χ2n) is 4.21. The lowest BCUT2D eigenvalue weighted by Gasteiger charge is -2.33. The van der Waals surface area contributed by atoms with Crippen molar-refractivity contribution in [2.24, 2.45) is 5.41 Å². The first kappa shape index (κ1) is 17.3. The van der Waals surface area contributed by atoms with Crippen LogP contribution in [0.2, 0.25) is 0 Å². The predicted molar refractivity (Wildman–Crippen MR) is 70.8 cm³/mol. The Morgan fingerprint density at radius 3 is 2.00 bits per heavy atom. The number of carboxylic acids is 1. The highest BCUT2D eigenvalue weighted by Crippen LogP contribution is 2.48. The molecule has 0 radical (unpaired) electrons. The van der Waals surface area contributed by atoms with Gasteiger partial charge in [-0.25, -0.2) is 0 Å². The molecule has 0 aromatic heterocycles. The van der Waals surface area contributed by atoms with Crippen LogP contribution in [0.5, 0.6) is 0 Å². The normalized spacial score (nSPS) is 15.6. The van der Waals surface area contributed by atoms with Gasteiger partial charge in [-0.15, -0.1) is 0 Å². The summed E-state index contributed by atoms with van der Waals surface area (Å²) in [6, 6.07) is 0. The molecule has 0 spiro atoms. The minimum absolute atomic E-state index is 0.166.